The summed E-state index contributed by atoms with van der Waals surface area (Å²) in [5.41, 5.74) is 3.77. The Balaban J connectivity index is 1.33. The highest BCUT2D eigenvalue weighted by atomic mass is 16.5. The summed E-state index contributed by atoms with van der Waals surface area (Å²) in [6.45, 7) is 1.01. The first-order chi connectivity index (χ1) is 16.3. The molecule has 5 rings (SSSR count). The number of ether oxygens (including phenoxy) is 1. The molecule has 1 atom stereocenters. The zero-order valence-electron chi connectivity index (χ0n) is 18.3. The number of anilines is 1. The van der Waals surface area contributed by atoms with Crippen LogP contribution in [0.25, 0.3) is 0 Å². The van der Waals surface area contributed by atoms with Crippen LogP contribution in [0.2, 0.25) is 0 Å². The number of hydrogen-bond acceptors (Lipinski definition) is 4. The van der Waals surface area contributed by atoms with E-state index in [4.69, 9.17) is 9.15 Å². The Kier molecular flexibility index (Phi) is 6.11. The molecule has 33 heavy (non-hydrogen) atoms. The number of aryl methyl sites for hydroxylation is 1. The van der Waals surface area contributed by atoms with E-state index in [1.807, 2.05) is 66.7 Å². The summed E-state index contributed by atoms with van der Waals surface area (Å²) in [6.07, 6.45) is 3.22. The molecule has 5 heteroatoms. The van der Waals surface area contributed by atoms with E-state index in [9.17, 15) is 4.79 Å². The average molecular weight is 439 g/mol. The summed E-state index contributed by atoms with van der Waals surface area (Å²) in [5.74, 6) is 1.51. The second kappa shape index (κ2) is 9.65. The van der Waals surface area contributed by atoms with Crippen molar-refractivity contribution in [3.8, 4) is 5.75 Å². The lowest BCUT2D eigenvalue weighted by molar-refractivity contribution is 0.0651. The number of carbonyl (C=O) groups excluding carboxylic acids is 1. The fraction of sp³-hybridized carbons (Fsp3) is 0.179. The fourth-order valence-electron chi connectivity index (χ4n) is 4.17. The van der Waals surface area contributed by atoms with E-state index in [1.54, 1.807) is 11.2 Å². The summed E-state index contributed by atoms with van der Waals surface area (Å²) >= 11 is 0. The largest absolute Gasteiger partial charge is 0.494 e. The molecule has 1 aliphatic heterocycles. The van der Waals surface area contributed by atoms with Crippen LogP contribution in [0.4, 0.5) is 5.69 Å². The molecule has 0 bridgehead atoms. The van der Waals surface area contributed by atoms with Crippen LogP contribution in [-0.4, -0.2) is 17.4 Å². The zero-order valence-corrected chi connectivity index (χ0v) is 18.3. The van der Waals surface area contributed by atoms with Gasteiger partial charge in [-0.05, 0) is 60.4 Å². The van der Waals surface area contributed by atoms with Crippen molar-refractivity contribution in [3.05, 3.63) is 120 Å². The van der Waals surface area contributed by atoms with E-state index in [1.165, 1.54) is 5.56 Å². The molecule has 0 radical (unpaired) electrons. The number of benzene rings is 3. The van der Waals surface area contributed by atoms with Crippen LogP contribution in [0.3, 0.4) is 0 Å². The molecule has 0 saturated carbocycles. The number of hydrogen-bond donors (Lipinski definition) is 1. The molecule has 1 amide bonds. The van der Waals surface area contributed by atoms with Gasteiger partial charge < -0.3 is 19.4 Å². The van der Waals surface area contributed by atoms with Crippen molar-refractivity contribution in [1.82, 2.24) is 4.90 Å². The van der Waals surface area contributed by atoms with E-state index in [2.05, 4.69) is 29.6 Å². The van der Waals surface area contributed by atoms with Gasteiger partial charge in [0.25, 0.3) is 5.91 Å². The quantitative estimate of drug-likeness (QED) is 0.340. The van der Waals surface area contributed by atoms with Gasteiger partial charge in [0.15, 0.2) is 0 Å². The molecule has 1 N–H and O–H groups in total. The minimum Gasteiger partial charge on any atom is -0.494 e. The van der Waals surface area contributed by atoms with Crippen molar-refractivity contribution in [1.29, 1.82) is 0 Å². The third kappa shape index (κ3) is 4.77. The molecular formula is C28H26N2O3. The Morgan fingerprint density at radius 3 is 2.61 bits per heavy atom. The van der Waals surface area contributed by atoms with Crippen molar-refractivity contribution >= 4 is 11.6 Å². The van der Waals surface area contributed by atoms with E-state index in [-0.39, 0.29) is 12.1 Å². The first kappa shape index (κ1) is 20.9. The lowest BCUT2D eigenvalue weighted by Crippen LogP contribution is -2.42. The molecule has 1 unspecified atom stereocenters. The molecule has 3 aromatic carbocycles. The molecule has 0 saturated heterocycles. The Hall–Kier alpha value is -3.99. The number of para-hydroxylation sites is 1. The van der Waals surface area contributed by atoms with E-state index >= 15 is 0 Å². The number of fused-ring (bicyclic) bond motifs is 1. The second-order valence-corrected chi connectivity index (χ2v) is 8.11. The van der Waals surface area contributed by atoms with Crippen LogP contribution in [0.15, 0.2) is 102 Å². The molecular weight excluding hydrogens is 412 g/mol. The summed E-state index contributed by atoms with van der Waals surface area (Å²) in [7, 11) is 0. The molecule has 2 heterocycles. The van der Waals surface area contributed by atoms with Crippen molar-refractivity contribution < 1.29 is 13.9 Å². The first-order valence-corrected chi connectivity index (χ1v) is 11.2. The van der Waals surface area contributed by atoms with Crippen LogP contribution >= 0.6 is 0 Å². The highest BCUT2D eigenvalue weighted by molar-refractivity contribution is 6.01. The number of furan rings is 1. The average Bonchev–Trinajstić information content (AvgIpc) is 3.38. The minimum absolute atomic E-state index is 0.0278. The predicted octanol–water partition coefficient (Wildman–Crippen LogP) is 6.06. The van der Waals surface area contributed by atoms with Gasteiger partial charge in [0.05, 0.1) is 25.0 Å². The van der Waals surface area contributed by atoms with Crippen molar-refractivity contribution in [2.75, 3.05) is 11.9 Å². The van der Waals surface area contributed by atoms with Gasteiger partial charge in [-0.25, -0.2) is 0 Å². The second-order valence-electron chi connectivity index (χ2n) is 8.11. The van der Waals surface area contributed by atoms with Crippen LogP contribution in [-0.2, 0) is 13.0 Å². The van der Waals surface area contributed by atoms with E-state index in [0.717, 1.165) is 35.6 Å². The van der Waals surface area contributed by atoms with Gasteiger partial charge in [-0.2, -0.15) is 0 Å². The van der Waals surface area contributed by atoms with Crippen molar-refractivity contribution in [2.24, 2.45) is 0 Å². The van der Waals surface area contributed by atoms with E-state index < -0.39 is 0 Å². The molecule has 1 aliphatic rings. The van der Waals surface area contributed by atoms with Gasteiger partial charge >= 0.3 is 0 Å². The minimum atomic E-state index is -0.328. The van der Waals surface area contributed by atoms with Crippen LogP contribution < -0.4 is 10.1 Å². The van der Waals surface area contributed by atoms with Gasteiger partial charge in [-0.15, -0.1) is 0 Å². The maximum Gasteiger partial charge on any atom is 0.258 e. The lowest BCUT2D eigenvalue weighted by Gasteiger charge is -2.37. The summed E-state index contributed by atoms with van der Waals surface area (Å²) < 4.78 is 11.6. The summed E-state index contributed by atoms with van der Waals surface area (Å²) in [4.78, 5) is 15.2. The molecule has 0 fully saturated rings. The fourth-order valence-corrected chi connectivity index (χ4v) is 4.17. The Labute approximate surface area is 193 Å². The number of nitrogens with zero attached hydrogens (tertiary/aromatic N) is 1. The highest BCUT2D eigenvalue weighted by Gasteiger charge is 2.33. The lowest BCUT2D eigenvalue weighted by atomic mass is 10.0. The van der Waals surface area contributed by atoms with Crippen molar-refractivity contribution in [2.45, 2.75) is 25.6 Å². The van der Waals surface area contributed by atoms with E-state index in [0.29, 0.717) is 18.7 Å². The first-order valence-electron chi connectivity index (χ1n) is 11.2. The van der Waals surface area contributed by atoms with Crippen LogP contribution in [0.5, 0.6) is 5.75 Å². The third-order valence-electron chi connectivity index (χ3n) is 5.82. The molecule has 4 aromatic rings. The number of amides is 1. The topological polar surface area (TPSA) is 54.7 Å². The molecule has 5 nitrogen and oxygen atoms in total. The summed E-state index contributed by atoms with van der Waals surface area (Å²) in [5, 5.41) is 3.53. The van der Waals surface area contributed by atoms with Gasteiger partial charge in [0, 0.05) is 5.69 Å². The Bertz CT molecular complexity index is 1200. The number of rotatable bonds is 8. The normalized spacial score (nSPS) is 15.1. The SMILES string of the molecule is O=C1c2ccccc2NC(c2cccc(OCCCc3ccccc3)c2)N1Cc1ccco1. The predicted molar refractivity (Wildman–Crippen MR) is 128 cm³/mol. The zero-order chi connectivity index (χ0) is 22.5. The molecule has 0 spiro atoms. The van der Waals surface area contributed by atoms with Crippen LogP contribution in [0.1, 0.15) is 39.8 Å². The van der Waals surface area contributed by atoms with Gasteiger partial charge in [-0.3, -0.25) is 4.79 Å². The summed E-state index contributed by atoms with van der Waals surface area (Å²) in [6, 6.07) is 29.7. The maximum absolute atomic E-state index is 13.4. The monoisotopic (exact) mass is 438 g/mol. The van der Waals surface area contributed by atoms with Gasteiger partial charge in [0.2, 0.25) is 0 Å². The van der Waals surface area contributed by atoms with Gasteiger partial charge in [0.1, 0.15) is 17.7 Å². The number of nitrogens with one attached hydrogen (secondary N) is 1. The standard InChI is InChI=1S/C28H26N2O3/c31-28-25-15-4-5-16-26(25)29-27(30(28)20-24-14-8-18-33-24)22-12-6-13-23(19-22)32-17-7-11-21-9-2-1-3-10-21/h1-6,8-10,12-16,18-19,27,29H,7,11,17,20H2. The Morgan fingerprint density at radius 1 is 0.909 bits per heavy atom. The van der Waals surface area contributed by atoms with Crippen molar-refractivity contribution in [3.63, 3.8) is 0 Å². The Morgan fingerprint density at radius 2 is 1.76 bits per heavy atom. The smallest absolute Gasteiger partial charge is 0.258 e. The highest BCUT2D eigenvalue weighted by Crippen LogP contribution is 2.35. The molecule has 166 valence electrons. The molecule has 1 aromatic heterocycles. The van der Waals surface area contributed by atoms with Crippen LogP contribution in [0, 0.1) is 0 Å². The maximum atomic E-state index is 13.4. The molecule has 0 aliphatic carbocycles. The number of carbonyl (C=O) groups is 1. The van der Waals surface area contributed by atoms with Gasteiger partial charge in [-0.1, -0.05) is 54.6 Å². The third-order valence-corrected chi connectivity index (χ3v) is 5.82.